The predicted octanol–water partition coefficient (Wildman–Crippen LogP) is 4.41. The summed E-state index contributed by atoms with van der Waals surface area (Å²) in [6.45, 7) is 5.59. The van der Waals surface area contributed by atoms with E-state index in [0.717, 1.165) is 11.3 Å². The Morgan fingerprint density at radius 3 is 2.42 bits per heavy atom. The Balaban J connectivity index is 1.82. The van der Waals surface area contributed by atoms with E-state index in [9.17, 15) is 4.79 Å². The first-order chi connectivity index (χ1) is 12.4. The minimum Gasteiger partial charge on any atom is -0.437 e. The molecule has 0 saturated heterocycles. The number of ketones is 1. The average molecular weight is 348 g/mol. The maximum absolute atomic E-state index is 11.4. The second-order valence-electron chi connectivity index (χ2n) is 6.05. The quantitative estimate of drug-likeness (QED) is 0.664. The fraction of sp³-hybridized carbons (Fsp3) is 0.150. The molecule has 6 nitrogen and oxygen atoms in total. The van der Waals surface area contributed by atoms with Gasteiger partial charge in [-0.2, -0.15) is 4.98 Å². The maximum atomic E-state index is 11.4. The first-order valence-corrected chi connectivity index (χ1v) is 8.17. The second-order valence-corrected chi connectivity index (χ2v) is 6.05. The van der Waals surface area contributed by atoms with Gasteiger partial charge in [0.05, 0.1) is 0 Å². The summed E-state index contributed by atoms with van der Waals surface area (Å²) in [6.07, 6.45) is 1.39. The molecule has 0 fully saturated rings. The van der Waals surface area contributed by atoms with Crippen molar-refractivity contribution < 1.29 is 9.53 Å². The predicted molar refractivity (Wildman–Crippen MR) is 102 cm³/mol. The van der Waals surface area contributed by atoms with E-state index in [0.29, 0.717) is 22.8 Å². The summed E-state index contributed by atoms with van der Waals surface area (Å²) in [7, 11) is 0. The van der Waals surface area contributed by atoms with Gasteiger partial charge >= 0.3 is 0 Å². The van der Waals surface area contributed by atoms with Gasteiger partial charge in [-0.05, 0) is 68.3 Å². The molecule has 0 atom stereocenters. The minimum absolute atomic E-state index is 0.0159. The fourth-order valence-corrected chi connectivity index (χ4v) is 2.37. The Labute approximate surface area is 152 Å². The molecule has 6 heteroatoms. The van der Waals surface area contributed by atoms with E-state index in [1.807, 2.05) is 32.0 Å². The molecule has 26 heavy (non-hydrogen) atoms. The molecular weight excluding hydrogens is 328 g/mol. The van der Waals surface area contributed by atoms with Crippen LogP contribution in [0.5, 0.6) is 11.6 Å². The summed E-state index contributed by atoms with van der Waals surface area (Å²) < 4.78 is 5.81. The monoisotopic (exact) mass is 348 g/mol. The number of aryl methyl sites for hydroxylation is 2. The zero-order chi connectivity index (χ0) is 18.7. The number of Topliss-reactive ketones (excluding diaryl/α,β-unsaturated/α-hetero) is 1. The highest BCUT2D eigenvalue weighted by molar-refractivity contribution is 5.94. The van der Waals surface area contributed by atoms with Crippen LogP contribution in [-0.4, -0.2) is 15.8 Å². The van der Waals surface area contributed by atoms with Crippen molar-refractivity contribution >= 4 is 23.0 Å². The first-order valence-electron chi connectivity index (χ1n) is 8.17. The van der Waals surface area contributed by atoms with Gasteiger partial charge in [0.15, 0.2) is 11.6 Å². The highest BCUT2D eigenvalue weighted by atomic mass is 16.5. The van der Waals surface area contributed by atoms with Crippen molar-refractivity contribution in [1.29, 1.82) is 0 Å². The molecule has 0 aliphatic heterocycles. The number of benzene rings is 2. The SMILES string of the molecule is CC(=O)c1ccc(Nc2ncnc(Oc3ccc(C)c(C)c3)c2N)cc1. The number of carbonyl (C=O) groups is 1. The number of aromatic nitrogens is 2. The van der Waals surface area contributed by atoms with E-state index in [-0.39, 0.29) is 11.7 Å². The lowest BCUT2D eigenvalue weighted by molar-refractivity contribution is 0.101. The van der Waals surface area contributed by atoms with Gasteiger partial charge in [0.1, 0.15) is 17.8 Å². The summed E-state index contributed by atoms with van der Waals surface area (Å²) in [5.74, 6) is 1.40. The Morgan fingerprint density at radius 2 is 1.77 bits per heavy atom. The molecule has 2 aromatic carbocycles. The van der Waals surface area contributed by atoms with Gasteiger partial charge in [0, 0.05) is 11.3 Å². The van der Waals surface area contributed by atoms with Crippen LogP contribution in [0, 0.1) is 13.8 Å². The van der Waals surface area contributed by atoms with Crippen molar-refractivity contribution in [2.45, 2.75) is 20.8 Å². The van der Waals surface area contributed by atoms with E-state index < -0.39 is 0 Å². The van der Waals surface area contributed by atoms with E-state index in [2.05, 4.69) is 15.3 Å². The number of nitrogens with zero attached hydrogens (tertiary/aromatic N) is 2. The number of anilines is 3. The van der Waals surface area contributed by atoms with Crippen molar-refractivity contribution in [3.05, 3.63) is 65.5 Å². The van der Waals surface area contributed by atoms with Gasteiger partial charge < -0.3 is 15.8 Å². The third kappa shape index (κ3) is 3.80. The molecular formula is C20H20N4O2. The summed E-state index contributed by atoms with van der Waals surface area (Å²) in [6, 6.07) is 12.9. The zero-order valence-corrected chi connectivity index (χ0v) is 14.9. The summed E-state index contributed by atoms with van der Waals surface area (Å²) in [4.78, 5) is 19.6. The van der Waals surface area contributed by atoms with Gasteiger partial charge in [-0.3, -0.25) is 4.79 Å². The average Bonchev–Trinajstić information content (AvgIpc) is 2.62. The normalized spacial score (nSPS) is 10.4. The molecule has 0 spiro atoms. The number of nitrogens with two attached hydrogens (primary N) is 1. The topological polar surface area (TPSA) is 90.1 Å². The Kier molecular flexibility index (Phi) is 4.84. The third-order valence-electron chi connectivity index (χ3n) is 4.09. The van der Waals surface area contributed by atoms with E-state index in [4.69, 9.17) is 10.5 Å². The van der Waals surface area contributed by atoms with Gasteiger partial charge in [0.25, 0.3) is 0 Å². The largest absolute Gasteiger partial charge is 0.437 e. The Morgan fingerprint density at radius 1 is 1.04 bits per heavy atom. The van der Waals surface area contributed by atoms with Crippen molar-refractivity contribution in [1.82, 2.24) is 9.97 Å². The van der Waals surface area contributed by atoms with Gasteiger partial charge in [-0.25, -0.2) is 4.98 Å². The highest BCUT2D eigenvalue weighted by Gasteiger charge is 2.11. The summed E-state index contributed by atoms with van der Waals surface area (Å²) in [5, 5.41) is 3.12. The molecule has 3 aromatic rings. The number of nitrogens with one attached hydrogen (secondary N) is 1. The van der Waals surface area contributed by atoms with Crippen LogP contribution in [0.3, 0.4) is 0 Å². The lowest BCUT2D eigenvalue weighted by Crippen LogP contribution is -2.03. The first kappa shape index (κ1) is 17.4. The summed E-state index contributed by atoms with van der Waals surface area (Å²) >= 11 is 0. The van der Waals surface area contributed by atoms with Crippen LogP contribution in [0.2, 0.25) is 0 Å². The van der Waals surface area contributed by atoms with Crippen LogP contribution in [0.15, 0.2) is 48.8 Å². The van der Waals surface area contributed by atoms with Crippen molar-refractivity contribution in [3.63, 3.8) is 0 Å². The van der Waals surface area contributed by atoms with Crippen LogP contribution in [0.1, 0.15) is 28.4 Å². The number of hydrogen-bond donors (Lipinski definition) is 2. The highest BCUT2D eigenvalue weighted by Crippen LogP contribution is 2.31. The van der Waals surface area contributed by atoms with Crippen LogP contribution in [0.25, 0.3) is 0 Å². The van der Waals surface area contributed by atoms with Crippen LogP contribution in [-0.2, 0) is 0 Å². The number of ether oxygens (including phenoxy) is 1. The molecule has 0 saturated carbocycles. The lowest BCUT2D eigenvalue weighted by Gasteiger charge is -2.12. The van der Waals surface area contributed by atoms with E-state index in [1.54, 1.807) is 24.3 Å². The number of hydrogen-bond acceptors (Lipinski definition) is 6. The fourth-order valence-electron chi connectivity index (χ4n) is 2.37. The van der Waals surface area contributed by atoms with Crippen molar-refractivity contribution in [2.24, 2.45) is 0 Å². The van der Waals surface area contributed by atoms with Crippen LogP contribution >= 0.6 is 0 Å². The molecule has 0 aliphatic rings. The smallest absolute Gasteiger partial charge is 0.248 e. The molecule has 3 N–H and O–H groups in total. The zero-order valence-electron chi connectivity index (χ0n) is 14.9. The Bertz CT molecular complexity index is 953. The molecule has 1 heterocycles. The molecule has 0 bridgehead atoms. The molecule has 0 aliphatic carbocycles. The number of carbonyl (C=O) groups excluding carboxylic acids is 1. The van der Waals surface area contributed by atoms with Gasteiger partial charge in [-0.15, -0.1) is 0 Å². The van der Waals surface area contributed by atoms with Gasteiger partial charge in [0.2, 0.25) is 5.88 Å². The lowest BCUT2D eigenvalue weighted by atomic mass is 10.1. The van der Waals surface area contributed by atoms with Crippen LogP contribution in [0.4, 0.5) is 17.2 Å². The standard InChI is InChI=1S/C20H20N4O2/c1-12-4-9-17(10-13(12)2)26-20-18(21)19(22-11-23-20)24-16-7-5-15(6-8-16)14(3)25/h4-11H,21H2,1-3H3,(H,22,23,24). The minimum atomic E-state index is 0.0159. The second kappa shape index (κ2) is 7.23. The summed E-state index contributed by atoms with van der Waals surface area (Å²) in [5.41, 5.74) is 10.2. The van der Waals surface area contributed by atoms with Crippen molar-refractivity contribution in [2.75, 3.05) is 11.1 Å². The van der Waals surface area contributed by atoms with Crippen molar-refractivity contribution in [3.8, 4) is 11.6 Å². The molecule has 0 unspecified atom stereocenters. The number of nitrogen functional groups attached to an aromatic ring is 1. The molecule has 132 valence electrons. The molecule has 0 radical (unpaired) electrons. The maximum Gasteiger partial charge on any atom is 0.248 e. The number of rotatable bonds is 5. The van der Waals surface area contributed by atoms with Gasteiger partial charge in [-0.1, -0.05) is 6.07 Å². The Hall–Kier alpha value is -3.41. The van der Waals surface area contributed by atoms with E-state index in [1.165, 1.54) is 18.8 Å². The third-order valence-corrected chi connectivity index (χ3v) is 4.09. The van der Waals surface area contributed by atoms with E-state index >= 15 is 0 Å². The molecule has 0 amide bonds. The molecule has 1 aromatic heterocycles. The molecule has 3 rings (SSSR count). The van der Waals surface area contributed by atoms with Crippen LogP contribution < -0.4 is 15.8 Å².